The lowest BCUT2D eigenvalue weighted by Crippen LogP contribution is -2.36. The number of rotatable bonds is 7. The number of nitrogens with one attached hydrogen (secondary N) is 3. The molecule has 1 amide bonds. The predicted molar refractivity (Wildman–Crippen MR) is 111 cm³/mol. The van der Waals surface area contributed by atoms with Crippen molar-refractivity contribution >= 4 is 17.5 Å². The highest BCUT2D eigenvalue weighted by Gasteiger charge is 2.34. The Morgan fingerprint density at radius 2 is 1.72 bits per heavy atom. The van der Waals surface area contributed by atoms with Gasteiger partial charge in [0.2, 0.25) is 11.7 Å². The second kappa shape index (κ2) is 9.35. The molecule has 3 atom stereocenters. The Bertz CT molecular complexity index is 834. The topological polar surface area (TPSA) is 80.9 Å². The van der Waals surface area contributed by atoms with E-state index in [1.54, 1.807) is 21.3 Å². The molecule has 0 saturated carbocycles. The van der Waals surface area contributed by atoms with Crippen LogP contribution in [0.4, 0.5) is 0 Å². The number of hydrogen-bond acceptors (Lipinski definition) is 6. The Kier molecular flexibility index (Phi) is 6.84. The first-order chi connectivity index (χ1) is 14.0. The van der Waals surface area contributed by atoms with Gasteiger partial charge in [0.15, 0.2) is 11.5 Å². The van der Waals surface area contributed by atoms with Crippen LogP contribution in [0.15, 0.2) is 36.4 Å². The quantitative estimate of drug-likeness (QED) is 0.640. The van der Waals surface area contributed by atoms with Gasteiger partial charge in [0.25, 0.3) is 0 Å². The minimum Gasteiger partial charge on any atom is -0.493 e. The van der Waals surface area contributed by atoms with Crippen molar-refractivity contribution in [2.45, 2.75) is 19.0 Å². The van der Waals surface area contributed by atoms with Crippen molar-refractivity contribution in [2.75, 3.05) is 27.9 Å². The first kappa shape index (κ1) is 21.2. The van der Waals surface area contributed by atoms with Crippen molar-refractivity contribution in [3.63, 3.8) is 0 Å². The number of carbonyl (C=O) groups excluding carboxylic acids is 1. The summed E-state index contributed by atoms with van der Waals surface area (Å²) in [7, 11) is 4.69. The Morgan fingerprint density at radius 1 is 1.10 bits per heavy atom. The summed E-state index contributed by atoms with van der Waals surface area (Å²) in [5, 5.41) is 3.76. The zero-order chi connectivity index (χ0) is 21.0. The van der Waals surface area contributed by atoms with E-state index in [1.165, 1.54) is 0 Å². The van der Waals surface area contributed by atoms with Crippen LogP contribution in [0.5, 0.6) is 17.2 Å². The molecule has 2 aromatic carbocycles. The molecule has 1 fully saturated rings. The van der Waals surface area contributed by atoms with E-state index >= 15 is 0 Å². The van der Waals surface area contributed by atoms with Gasteiger partial charge in [-0.25, -0.2) is 5.43 Å². The Morgan fingerprint density at radius 3 is 2.28 bits per heavy atom. The normalized spacial score (nSPS) is 19.5. The molecular formula is C21H26ClN3O4. The molecule has 3 rings (SSSR count). The Balaban J connectivity index is 1.77. The van der Waals surface area contributed by atoms with E-state index in [1.807, 2.05) is 43.3 Å². The second-order valence-corrected chi connectivity index (χ2v) is 7.29. The third kappa shape index (κ3) is 4.58. The second-order valence-electron chi connectivity index (χ2n) is 6.85. The molecule has 1 saturated heterocycles. The zero-order valence-corrected chi connectivity index (χ0v) is 17.7. The maximum atomic E-state index is 13.0. The summed E-state index contributed by atoms with van der Waals surface area (Å²) in [5.74, 6) is 1.30. The van der Waals surface area contributed by atoms with E-state index in [0.29, 0.717) is 28.8 Å². The van der Waals surface area contributed by atoms with Crippen LogP contribution in [-0.2, 0) is 4.79 Å². The minimum absolute atomic E-state index is 0.0521. The van der Waals surface area contributed by atoms with E-state index in [0.717, 1.165) is 11.1 Å². The number of hydrogen-bond donors (Lipinski definition) is 3. The van der Waals surface area contributed by atoms with Crippen LogP contribution in [0.25, 0.3) is 0 Å². The van der Waals surface area contributed by atoms with Crippen molar-refractivity contribution in [1.82, 2.24) is 16.2 Å². The molecule has 0 aromatic heterocycles. The smallest absolute Gasteiger partial charge is 0.226 e. The highest BCUT2D eigenvalue weighted by molar-refractivity contribution is 6.30. The number of carbonyl (C=O) groups is 1. The summed E-state index contributed by atoms with van der Waals surface area (Å²) in [6.07, 6.45) is 0. The summed E-state index contributed by atoms with van der Waals surface area (Å²) in [6, 6.07) is 10.8. The highest BCUT2D eigenvalue weighted by atomic mass is 35.5. The third-order valence-corrected chi connectivity index (χ3v) is 5.35. The lowest BCUT2D eigenvalue weighted by molar-refractivity contribution is -0.125. The molecule has 7 nitrogen and oxygen atoms in total. The van der Waals surface area contributed by atoms with Crippen LogP contribution in [0.1, 0.15) is 30.1 Å². The molecule has 1 aliphatic rings. The van der Waals surface area contributed by atoms with Crippen molar-refractivity contribution in [3.05, 3.63) is 52.5 Å². The third-order valence-electron chi connectivity index (χ3n) is 5.09. The summed E-state index contributed by atoms with van der Waals surface area (Å²) < 4.78 is 16.2. The molecule has 1 heterocycles. The molecule has 0 bridgehead atoms. The van der Waals surface area contributed by atoms with Gasteiger partial charge in [-0.3, -0.25) is 10.2 Å². The molecule has 0 spiro atoms. The average Bonchev–Trinajstić information content (AvgIpc) is 3.23. The summed E-state index contributed by atoms with van der Waals surface area (Å²) in [6.45, 7) is 2.45. The van der Waals surface area contributed by atoms with Crippen LogP contribution >= 0.6 is 11.6 Å². The van der Waals surface area contributed by atoms with E-state index in [2.05, 4.69) is 16.2 Å². The van der Waals surface area contributed by atoms with E-state index in [9.17, 15) is 4.79 Å². The van der Waals surface area contributed by atoms with Gasteiger partial charge in [-0.05, 0) is 42.3 Å². The van der Waals surface area contributed by atoms with E-state index in [-0.39, 0.29) is 23.9 Å². The highest BCUT2D eigenvalue weighted by Crippen LogP contribution is 2.39. The SMILES string of the molecule is COc1cc(C(C)NC(=O)C2CNNC2c2ccc(Cl)cc2)cc(OC)c1OC. The molecular weight excluding hydrogens is 394 g/mol. The lowest BCUT2D eigenvalue weighted by Gasteiger charge is -2.22. The number of halogens is 1. The summed E-state index contributed by atoms with van der Waals surface area (Å²) in [4.78, 5) is 13.0. The van der Waals surface area contributed by atoms with Crippen molar-refractivity contribution < 1.29 is 19.0 Å². The van der Waals surface area contributed by atoms with Gasteiger partial charge in [0.05, 0.1) is 39.3 Å². The zero-order valence-electron chi connectivity index (χ0n) is 16.9. The van der Waals surface area contributed by atoms with Crippen LogP contribution in [0.3, 0.4) is 0 Å². The molecule has 3 unspecified atom stereocenters. The van der Waals surface area contributed by atoms with Crippen LogP contribution in [0.2, 0.25) is 5.02 Å². The fourth-order valence-electron chi connectivity index (χ4n) is 3.48. The molecule has 0 radical (unpaired) electrons. The summed E-state index contributed by atoms with van der Waals surface area (Å²) >= 11 is 5.98. The van der Waals surface area contributed by atoms with E-state index in [4.69, 9.17) is 25.8 Å². The van der Waals surface area contributed by atoms with Gasteiger partial charge in [0, 0.05) is 11.6 Å². The van der Waals surface area contributed by atoms with Gasteiger partial charge in [-0.15, -0.1) is 0 Å². The lowest BCUT2D eigenvalue weighted by atomic mass is 9.93. The van der Waals surface area contributed by atoms with Gasteiger partial charge in [-0.1, -0.05) is 23.7 Å². The van der Waals surface area contributed by atoms with Crippen molar-refractivity contribution in [1.29, 1.82) is 0 Å². The average molecular weight is 420 g/mol. The monoisotopic (exact) mass is 419 g/mol. The number of methoxy groups -OCH3 is 3. The largest absolute Gasteiger partial charge is 0.493 e. The van der Waals surface area contributed by atoms with Crippen LogP contribution < -0.4 is 30.4 Å². The minimum atomic E-state index is -0.263. The molecule has 3 N–H and O–H groups in total. The van der Waals surface area contributed by atoms with Gasteiger partial charge >= 0.3 is 0 Å². The number of benzene rings is 2. The maximum absolute atomic E-state index is 13.0. The maximum Gasteiger partial charge on any atom is 0.226 e. The molecule has 156 valence electrons. The first-order valence-electron chi connectivity index (χ1n) is 9.32. The van der Waals surface area contributed by atoms with Gasteiger partial charge < -0.3 is 19.5 Å². The van der Waals surface area contributed by atoms with Gasteiger partial charge in [0.1, 0.15) is 0 Å². The fourth-order valence-corrected chi connectivity index (χ4v) is 3.61. The number of amides is 1. The number of hydrazine groups is 1. The van der Waals surface area contributed by atoms with E-state index < -0.39 is 0 Å². The van der Waals surface area contributed by atoms with Gasteiger partial charge in [-0.2, -0.15) is 0 Å². The molecule has 29 heavy (non-hydrogen) atoms. The molecule has 1 aliphatic heterocycles. The Labute approximate surface area is 175 Å². The van der Waals surface area contributed by atoms with Crippen LogP contribution in [0, 0.1) is 5.92 Å². The summed E-state index contributed by atoms with van der Waals surface area (Å²) in [5.41, 5.74) is 8.11. The number of ether oxygens (including phenoxy) is 3. The molecule has 0 aliphatic carbocycles. The molecule has 2 aromatic rings. The molecule has 8 heteroatoms. The fraction of sp³-hybridized carbons (Fsp3) is 0.381. The predicted octanol–water partition coefficient (Wildman–Crippen LogP) is 3.01. The van der Waals surface area contributed by atoms with Crippen LogP contribution in [-0.4, -0.2) is 33.8 Å². The van der Waals surface area contributed by atoms with Crippen molar-refractivity contribution in [3.8, 4) is 17.2 Å². The first-order valence-corrected chi connectivity index (χ1v) is 9.70. The standard InChI is InChI=1S/C21H26ClN3O4/c1-12(14-9-17(27-2)20(29-4)18(10-14)28-3)24-21(26)16-11-23-25-19(16)13-5-7-15(22)8-6-13/h5-10,12,16,19,23,25H,11H2,1-4H3,(H,24,26). The Hall–Kier alpha value is -2.48. The van der Waals surface area contributed by atoms with Crippen molar-refractivity contribution in [2.24, 2.45) is 5.92 Å².